The molecule has 0 fully saturated rings. The van der Waals surface area contributed by atoms with E-state index in [1.54, 1.807) is 0 Å². The first-order valence-corrected chi connectivity index (χ1v) is 17.6. The Kier molecular flexibility index (Phi) is 9.55. The van der Waals surface area contributed by atoms with Gasteiger partial charge in [-0.2, -0.15) is 0 Å². The molecule has 0 radical (unpaired) electrons. The van der Waals surface area contributed by atoms with Crippen LogP contribution in [0.1, 0.15) is 139 Å². The van der Waals surface area contributed by atoms with E-state index in [0.29, 0.717) is 0 Å². The van der Waals surface area contributed by atoms with Crippen LogP contribution in [0.4, 0.5) is 0 Å². The molecule has 0 unspecified atom stereocenters. The van der Waals surface area contributed by atoms with Crippen molar-refractivity contribution in [3.05, 3.63) is 189 Å². The van der Waals surface area contributed by atoms with E-state index in [2.05, 4.69) is 204 Å². The second-order valence-electron chi connectivity index (χ2n) is 17.6. The molecule has 248 valence electrons. The molecule has 0 heterocycles. The molecule has 5 aromatic carbocycles. The van der Waals surface area contributed by atoms with Crippen LogP contribution >= 0.6 is 0 Å². The van der Waals surface area contributed by atoms with Gasteiger partial charge < -0.3 is 0 Å². The SMILES string of the molecule is CC(C)(C)c1ccc([C+](c2ccc(C(C)(C)C)cc2)c2cccc([C-](c3ccc(C(C)(C)C)cc3)c3ccc(C(C)(C)C)cc3)c2)cc1. The largest absolute Gasteiger partial charge is 0.0996 e. The van der Waals surface area contributed by atoms with Crippen LogP contribution in [0, 0.1) is 11.8 Å². The van der Waals surface area contributed by atoms with Gasteiger partial charge in [-0.1, -0.05) is 184 Å². The molecule has 0 amide bonds. The molecule has 0 nitrogen and oxygen atoms in total. The van der Waals surface area contributed by atoms with Gasteiger partial charge in [0, 0.05) is 5.56 Å². The Labute approximate surface area is 292 Å². The van der Waals surface area contributed by atoms with Gasteiger partial charge in [-0.25, -0.2) is 0 Å². The Morgan fingerprint density at radius 3 is 0.958 bits per heavy atom. The lowest BCUT2D eigenvalue weighted by molar-refractivity contribution is 0.589. The molecule has 5 rings (SSSR count). The van der Waals surface area contributed by atoms with Crippen LogP contribution in [-0.2, 0) is 21.7 Å². The van der Waals surface area contributed by atoms with E-state index in [-0.39, 0.29) is 21.7 Å². The van der Waals surface area contributed by atoms with Crippen molar-refractivity contribution in [1.29, 1.82) is 0 Å². The van der Waals surface area contributed by atoms with E-state index in [4.69, 9.17) is 0 Å². The van der Waals surface area contributed by atoms with Crippen molar-refractivity contribution in [2.75, 3.05) is 0 Å². The van der Waals surface area contributed by atoms with Gasteiger partial charge in [-0.15, -0.1) is 0 Å². The van der Waals surface area contributed by atoms with Crippen LogP contribution in [0.25, 0.3) is 0 Å². The fraction of sp³-hybridized carbons (Fsp3) is 0.333. The molecule has 0 aliphatic rings. The first-order valence-electron chi connectivity index (χ1n) is 17.6. The minimum Gasteiger partial charge on any atom is -0.0996 e. The van der Waals surface area contributed by atoms with Crippen molar-refractivity contribution in [3.63, 3.8) is 0 Å². The maximum atomic E-state index is 2.40. The molecule has 48 heavy (non-hydrogen) atoms. The van der Waals surface area contributed by atoms with Gasteiger partial charge in [0.25, 0.3) is 0 Å². The summed E-state index contributed by atoms with van der Waals surface area (Å²) in [5.41, 5.74) is 13.1. The number of hydrogen-bond donors (Lipinski definition) is 0. The third-order valence-corrected chi connectivity index (χ3v) is 9.60. The van der Waals surface area contributed by atoms with Gasteiger partial charge in [0.1, 0.15) is 0 Å². The molecular weight excluding hydrogens is 577 g/mol. The average molecular weight is 633 g/mol. The third-order valence-electron chi connectivity index (χ3n) is 9.60. The molecule has 0 aromatic heterocycles. The molecule has 5 aromatic rings. The Balaban J connectivity index is 1.66. The van der Waals surface area contributed by atoms with E-state index in [0.717, 1.165) is 0 Å². The summed E-state index contributed by atoms with van der Waals surface area (Å²) in [5.74, 6) is 2.51. The predicted octanol–water partition coefficient (Wildman–Crippen LogP) is 12.9. The Hall–Kier alpha value is -4.16. The standard InChI is InChI=1S/C48H56/c1-45(2,3)39-24-16-33(17-25-39)43(34-18-26-40(27-19-34)46(4,5)6)37-14-13-15-38(32-37)44(35-20-28-41(29-21-35)47(7,8)9)36-22-30-42(31-23-36)48(10,11)12/h13-32H,1-12H3. The van der Waals surface area contributed by atoms with Gasteiger partial charge >= 0.3 is 0 Å². The molecule has 0 N–H and O–H groups in total. The fourth-order valence-electron chi connectivity index (χ4n) is 6.38. The summed E-state index contributed by atoms with van der Waals surface area (Å²) in [5, 5.41) is 0. The first kappa shape index (κ1) is 35.2. The zero-order valence-corrected chi connectivity index (χ0v) is 31.5. The molecule has 0 spiro atoms. The zero-order chi connectivity index (χ0) is 35.1. The van der Waals surface area contributed by atoms with E-state index < -0.39 is 0 Å². The summed E-state index contributed by atoms with van der Waals surface area (Å²) in [6.45, 7) is 27.3. The highest BCUT2D eigenvalue weighted by molar-refractivity contribution is 5.63. The lowest BCUT2D eigenvalue weighted by Gasteiger charge is -2.29. The molecule has 0 aliphatic heterocycles. The maximum absolute atomic E-state index is 2.40. The number of rotatable bonds is 6. The Morgan fingerprint density at radius 2 is 0.646 bits per heavy atom. The van der Waals surface area contributed by atoms with Gasteiger partial charge in [0.15, 0.2) is 0 Å². The van der Waals surface area contributed by atoms with E-state index in [9.17, 15) is 0 Å². The van der Waals surface area contributed by atoms with Crippen LogP contribution in [-0.4, -0.2) is 0 Å². The third kappa shape index (κ3) is 7.92. The summed E-state index contributed by atoms with van der Waals surface area (Å²) >= 11 is 0. The monoisotopic (exact) mass is 632 g/mol. The molecular formula is C48H56. The Morgan fingerprint density at radius 1 is 0.333 bits per heavy atom. The van der Waals surface area contributed by atoms with Crippen LogP contribution < -0.4 is 0 Å². The van der Waals surface area contributed by atoms with Crippen molar-refractivity contribution in [1.82, 2.24) is 0 Å². The van der Waals surface area contributed by atoms with Crippen LogP contribution in [0.5, 0.6) is 0 Å². The van der Waals surface area contributed by atoms with Crippen molar-refractivity contribution in [2.45, 2.75) is 105 Å². The van der Waals surface area contributed by atoms with Gasteiger partial charge in [0.2, 0.25) is 0 Å². The van der Waals surface area contributed by atoms with Crippen molar-refractivity contribution >= 4 is 0 Å². The van der Waals surface area contributed by atoms with E-state index in [1.807, 2.05) is 0 Å². The summed E-state index contributed by atoms with van der Waals surface area (Å²) in [7, 11) is 0. The van der Waals surface area contributed by atoms with Gasteiger partial charge in [-0.3, -0.25) is 0 Å². The number of hydrogen-bond acceptors (Lipinski definition) is 0. The van der Waals surface area contributed by atoms with E-state index in [1.165, 1.54) is 67.5 Å². The van der Waals surface area contributed by atoms with Gasteiger partial charge in [-0.05, 0) is 87.4 Å². The maximum Gasteiger partial charge on any atom is 0.0528 e. The Bertz CT molecular complexity index is 1540. The molecule has 0 atom stereocenters. The molecule has 0 bridgehead atoms. The predicted molar refractivity (Wildman–Crippen MR) is 208 cm³/mol. The second kappa shape index (κ2) is 13.0. The van der Waals surface area contributed by atoms with Gasteiger partial charge in [0.05, 0.1) is 17.0 Å². The van der Waals surface area contributed by atoms with E-state index >= 15 is 0 Å². The topological polar surface area (TPSA) is 0 Å². The van der Waals surface area contributed by atoms with Crippen molar-refractivity contribution in [2.24, 2.45) is 0 Å². The average Bonchev–Trinajstić information content (AvgIpc) is 3.01. The summed E-state index contributed by atoms with van der Waals surface area (Å²) in [6, 6.07) is 46.0. The highest BCUT2D eigenvalue weighted by Crippen LogP contribution is 2.38. The lowest BCUT2D eigenvalue weighted by atomic mass is 9.78. The summed E-state index contributed by atoms with van der Waals surface area (Å²) in [4.78, 5) is 0. The molecule has 0 saturated carbocycles. The quantitative estimate of drug-likeness (QED) is 0.129. The molecule has 0 heteroatoms. The number of benzene rings is 5. The first-order chi connectivity index (χ1) is 22.3. The minimum absolute atomic E-state index is 0.0991. The second-order valence-corrected chi connectivity index (χ2v) is 17.6. The van der Waals surface area contributed by atoms with Crippen LogP contribution in [0.3, 0.4) is 0 Å². The lowest BCUT2D eigenvalue weighted by Crippen LogP contribution is -2.14. The minimum atomic E-state index is 0.0991. The van der Waals surface area contributed by atoms with Crippen molar-refractivity contribution in [3.8, 4) is 0 Å². The van der Waals surface area contributed by atoms with Crippen LogP contribution in [0.2, 0.25) is 0 Å². The highest BCUT2D eigenvalue weighted by Gasteiger charge is 2.25. The fourth-order valence-corrected chi connectivity index (χ4v) is 6.38. The highest BCUT2D eigenvalue weighted by atomic mass is 14.3. The molecule has 0 saturated heterocycles. The molecule has 0 aliphatic carbocycles. The summed E-state index contributed by atoms with van der Waals surface area (Å²) < 4.78 is 0. The van der Waals surface area contributed by atoms with Crippen molar-refractivity contribution < 1.29 is 0 Å². The zero-order valence-electron chi connectivity index (χ0n) is 31.5. The smallest absolute Gasteiger partial charge is 0.0528 e. The summed E-state index contributed by atoms with van der Waals surface area (Å²) in [6.07, 6.45) is 0. The van der Waals surface area contributed by atoms with Crippen LogP contribution in [0.15, 0.2) is 121 Å². The normalized spacial score (nSPS) is 12.6.